The molecule has 0 aliphatic carbocycles. The first-order chi connectivity index (χ1) is 15.6. The van der Waals surface area contributed by atoms with Gasteiger partial charge in [0.1, 0.15) is 12.8 Å². The van der Waals surface area contributed by atoms with Gasteiger partial charge in [-0.25, -0.2) is 0 Å². The third-order valence-corrected chi connectivity index (χ3v) is 4.03. The molecule has 2 unspecified atom stereocenters. The van der Waals surface area contributed by atoms with Gasteiger partial charge in [-0.2, -0.15) is 13.2 Å². The van der Waals surface area contributed by atoms with Crippen molar-refractivity contribution in [1.29, 1.82) is 0 Å². The molecule has 33 heavy (non-hydrogen) atoms. The van der Waals surface area contributed by atoms with E-state index in [0.29, 0.717) is 12.0 Å². The minimum atomic E-state index is -4.88. The van der Waals surface area contributed by atoms with Gasteiger partial charge in [-0.1, -0.05) is 30.3 Å². The summed E-state index contributed by atoms with van der Waals surface area (Å²) in [7, 11) is 0.860. The second kappa shape index (κ2) is 13.7. The maximum absolute atomic E-state index is 12.8. The van der Waals surface area contributed by atoms with Gasteiger partial charge in [-0.15, -0.1) is 0 Å². The van der Waals surface area contributed by atoms with Crippen molar-refractivity contribution in [3.8, 4) is 0 Å². The molecule has 2 atom stereocenters. The van der Waals surface area contributed by atoms with Crippen LogP contribution in [0.5, 0.6) is 0 Å². The maximum Gasteiger partial charge on any atom is 0.433 e. The van der Waals surface area contributed by atoms with E-state index in [0.717, 1.165) is 7.05 Å². The van der Waals surface area contributed by atoms with E-state index in [1.54, 1.807) is 30.3 Å². The van der Waals surface area contributed by atoms with Crippen LogP contribution in [-0.4, -0.2) is 80.8 Å². The molecule has 0 heterocycles. The number of nitrogens with zero attached hydrogens (tertiary/aromatic N) is 1. The molecule has 4 N–H and O–H groups in total. The molecule has 5 amide bonds. The number of nitrogens with one attached hydrogen (secondary N) is 4. The minimum Gasteiger partial charge on any atom is -0.350 e. The lowest BCUT2D eigenvalue weighted by Gasteiger charge is -2.26. The Kier molecular flexibility index (Phi) is 11.3. The van der Waals surface area contributed by atoms with Gasteiger partial charge in [0.15, 0.2) is 0 Å². The fourth-order valence-electron chi connectivity index (χ4n) is 2.49. The first-order valence-corrected chi connectivity index (χ1v) is 9.48. The van der Waals surface area contributed by atoms with Crippen LogP contribution < -0.4 is 21.3 Å². The van der Waals surface area contributed by atoms with E-state index in [2.05, 4.69) is 20.7 Å². The Labute approximate surface area is 187 Å². The monoisotopic (exact) mass is 475 g/mol. The highest BCUT2D eigenvalue weighted by molar-refractivity contribution is 5.91. The summed E-state index contributed by atoms with van der Waals surface area (Å²) in [5.41, 5.74) is 0.705. The van der Waals surface area contributed by atoms with Crippen molar-refractivity contribution < 1.29 is 41.9 Å². The Morgan fingerprint density at radius 1 is 1.06 bits per heavy atom. The van der Waals surface area contributed by atoms with Crippen molar-refractivity contribution in [2.75, 3.05) is 26.9 Å². The van der Waals surface area contributed by atoms with Crippen LogP contribution in [0.4, 0.5) is 13.2 Å². The van der Waals surface area contributed by atoms with Crippen LogP contribution in [0.1, 0.15) is 5.56 Å². The molecule has 11 nitrogen and oxygen atoms in total. The van der Waals surface area contributed by atoms with Crippen LogP contribution in [-0.2, 0) is 35.1 Å². The highest BCUT2D eigenvalue weighted by Gasteiger charge is 2.43. The predicted octanol–water partition coefficient (Wildman–Crippen LogP) is -1.36. The molecular formula is C19H24F3N5O6. The lowest BCUT2D eigenvalue weighted by Crippen LogP contribution is -2.52. The van der Waals surface area contributed by atoms with Crippen LogP contribution in [0.2, 0.25) is 0 Å². The lowest BCUT2D eigenvalue weighted by atomic mass is 10.1. The van der Waals surface area contributed by atoms with Crippen LogP contribution in [0, 0.1) is 0 Å². The molecule has 0 aromatic heterocycles. The zero-order valence-electron chi connectivity index (χ0n) is 17.6. The largest absolute Gasteiger partial charge is 0.433 e. The van der Waals surface area contributed by atoms with E-state index in [1.807, 2.05) is 5.32 Å². The van der Waals surface area contributed by atoms with Gasteiger partial charge in [-0.3, -0.25) is 24.0 Å². The third kappa shape index (κ3) is 10.5. The van der Waals surface area contributed by atoms with Crippen molar-refractivity contribution in [2.45, 2.75) is 24.9 Å². The summed E-state index contributed by atoms with van der Waals surface area (Å²) < 4.78 is 43.0. The first-order valence-electron chi connectivity index (χ1n) is 9.48. The molecule has 0 fully saturated rings. The van der Waals surface area contributed by atoms with Gasteiger partial charge >= 0.3 is 6.18 Å². The SMILES string of the molecule is CN(C=O)C(OCNC(=O)CNC(=O)C(Cc1ccccc1)NC(=O)CNC=O)C(F)(F)F. The number of benzene rings is 1. The molecule has 0 aliphatic rings. The predicted molar refractivity (Wildman–Crippen MR) is 107 cm³/mol. The van der Waals surface area contributed by atoms with Crippen LogP contribution in [0.25, 0.3) is 0 Å². The fourth-order valence-corrected chi connectivity index (χ4v) is 2.49. The molecule has 0 saturated heterocycles. The van der Waals surface area contributed by atoms with Crippen molar-refractivity contribution in [3.63, 3.8) is 0 Å². The molecule has 0 spiro atoms. The second-order valence-electron chi connectivity index (χ2n) is 6.60. The summed E-state index contributed by atoms with van der Waals surface area (Å²) in [6, 6.07) is 7.55. The number of amides is 5. The Hall–Kier alpha value is -3.68. The van der Waals surface area contributed by atoms with Crippen molar-refractivity contribution in [2.24, 2.45) is 0 Å². The molecule has 0 aliphatic heterocycles. The molecule has 1 rings (SSSR count). The average Bonchev–Trinajstić information content (AvgIpc) is 2.77. The smallest absolute Gasteiger partial charge is 0.350 e. The second-order valence-corrected chi connectivity index (χ2v) is 6.60. The van der Waals surface area contributed by atoms with Gasteiger partial charge in [0.2, 0.25) is 36.8 Å². The summed E-state index contributed by atoms with van der Waals surface area (Å²) in [5.74, 6) is -2.25. The number of halogens is 3. The van der Waals surface area contributed by atoms with Crippen LogP contribution in [0.15, 0.2) is 30.3 Å². The Morgan fingerprint density at radius 2 is 1.73 bits per heavy atom. The van der Waals surface area contributed by atoms with E-state index >= 15 is 0 Å². The highest BCUT2D eigenvalue weighted by atomic mass is 19.4. The maximum atomic E-state index is 12.8. The van der Waals surface area contributed by atoms with Gasteiger partial charge in [0.05, 0.1) is 13.1 Å². The average molecular weight is 475 g/mol. The summed E-state index contributed by atoms with van der Waals surface area (Å²) in [4.78, 5) is 57.3. The van der Waals surface area contributed by atoms with Crippen LogP contribution in [0.3, 0.4) is 0 Å². The molecule has 182 valence electrons. The Bertz CT molecular complexity index is 809. The first kappa shape index (κ1) is 27.4. The van der Waals surface area contributed by atoms with Gasteiger partial charge in [0, 0.05) is 13.5 Å². The number of ether oxygens (including phenoxy) is 1. The third-order valence-electron chi connectivity index (χ3n) is 4.03. The number of carbonyl (C=O) groups excluding carboxylic acids is 5. The lowest BCUT2D eigenvalue weighted by molar-refractivity contribution is -0.258. The number of rotatable bonds is 14. The molecule has 0 saturated carbocycles. The number of alkyl halides is 3. The minimum absolute atomic E-state index is 0.0774. The highest BCUT2D eigenvalue weighted by Crippen LogP contribution is 2.23. The molecule has 0 radical (unpaired) electrons. The van der Waals surface area contributed by atoms with Crippen molar-refractivity contribution in [3.05, 3.63) is 35.9 Å². The Morgan fingerprint density at radius 3 is 2.30 bits per heavy atom. The standard InChI is InChI=1S/C19H24F3N5O6/c1-27(12-29)18(19(20,21)22)33-11-25-15(30)9-24-17(32)14(26-16(31)8-23-10-28)7-13-5-3-2-4-6-13/h2-6,10,12,14,18H,7-9,11H2,1H3,(H,23,28)(H,24,32)(H,25,30)(H,26,31). The summed E-state index contributed by atoms with van der Waals surface area (Å²) >= 11 is 0. The molecule has 0 bridgehead atoms. The molecule has 1 aromatic rings. The number of hydrogen-bond acceptors (Lipinski definition) is 6. The van der Waals surface area contributed by atoms with E-state index in [4.69, 9.17) is 0 Å². The van der Waals surface area contributed by atoms with E-state index in [-0.39, 0.29) is 24.3 Å². The van der Waals surface area contributed by atoms with Crippen molar-refractivity contribution in [1.82, 2.24) is 26.2 Å². The quantitative estimate of drug-likeness (QED) is 0.193. The zero-order chi connectivity index (χ0) is 24.9. The number of carbonyl (C=O) groups is 5. The van der Waals surface area contributed by atoms with E-state index in [9.17, 15) is 37.1 Å². The summed E-state index contributed by atoms with van der Waals surface area (Å²) in [6.07, 6.45) is -7.12. The molecular weight excluding hydrogens is 451 g/mol. The Balaban J connectivity index is 2.61. The fraction of sp³-hybridized carbons (Fsp3) is 0.421. The molecule has 14 heteroatoms. The summed E-state index contributed by atoms with van der Waals surface area (Å²) in [5, 5.41) is 8.87. The van der Waals surface area contributed by atoms with Crippen molar-refractivity contribution >= 4 is 30.5 Å². The number of hydrogen-bond donors (Lipinski definition) is 4. The zero-order valence-corrected chi connectivity index (χ0v) is 17.6. The topological polar surface area (TPSA) is 146 Å². The van der Waals surface area contributed by atoms with Gasteiger partial charge in [-0.05, 0) is 5.56 Å². The summed E-state index contributed by atoms with van der Waals surface area (Å²) in [6.45, 7) is -1.86. The van der Waals surface area contributed by atoms with E-state index < -0.39 is 49.4 Å². The van der Waals surface area contributed by atoms with Crippen LogP contribution >= 0.6 is 0 Å². The normalized spacial score (nSPS) is 12.6. The van der Waals surface area contributed by atoms with Gasteiger partial charge < -0.3 is 30.9 Å². The van der Waals surface area contributed by atoms with E-state index in [1.165, 1.54) is 0 Å². The van der Waals surface area contributed by atoms with Gasteiger partial charge in [0.25, 0.3) is 0 Å². The molecule has 1 aromatic carbocycles.